The average molecular weight is 276 g/mol. The van der Waals surface area contributed by atoms with Crippen LogP contribution in [0.2, 0.25) is 0 Å². The number of benzene rings is 1. The van der Waals surface area contributed by atoms with Crippen molar-refractivity contribution >= 4 is 17.6 Å². The van der Waals surface area contributed by atoms with Gasteiger partial charge in [-0.05, 0) is 43.5 Å². The highest BCUT2D eigenvalue weighted by Gasteiger charge is 2.25. The maximum Gasteiger partial charge on any atom is 0.335 e. The van der Waals surface area contributed by atoms with E-state index in [9.17, 15) is 9.59 Å². The first-order chi connectivity index (χ1) is 9.52. The second kappa shape index (κ2) is 5.94. The van der Waals surface area contributed by atoms with Crippen molar-refractivity contribution in [2.24, 2.45) is 5.92 Å². The Morgan fingerprint density at radius 3 is 2.75 bits per heavy atom. The van der Waals surface area contributed by atoms with Crippen LogP contribution < -0.4 is 10.2 Å². The minimum Gasteiger partial charge on any atom is -0.478 e. The minimum absolute atomic E-state index is 0.00760. The van der Waals surface area contributed by atoms with Crippen LogP contribution in [-0.4, -0.2) is 37.1 Å². The molecule has 1 aromatic rings. The summed E-state index contributed by atoms with van der Waals surface area (Å²) in [5.74, 6) is -0.822. The second-order valence-electron chi connectivity index (χ2n) is 5.20. The first-order valence-electron chi connectivity index (χ1n) is 6.83. The third kappa shape index (κ3) is 2.92. The molecule has 1 aliphatic rings. The summed E-state index contributed by atoms with van der Waals surface area (Å²) in [4.78, 5) is 24.9. The molecule has 5 heteroatoms. The molecule has 1 atom stereocenters. The van der Waals surface area contributed by atoms with Gasteiger partial charge in [0.15, 0.2) is 0 Å². The zero-order valence-electron chi connectivity index (χ0n) is 11.8. The average Bonchev–Trinajstić information content (AvgIpc) is 2.46. The molecule has 0 aromatic heterocycles. The number of piperidine rings is 1. The Morgan fingerprint density at radius 1 is 1.40 bits per heavy atom. The van der Waals surface area contributed by atoms with Gasteiger partial charge in [0.1, 0.15) is 0 Å². The minimum atomic E-state index is -0.907. The Labute approximate surface area is 118 Å². The molecule has 0 radical (unpaired) electrons. The molecule has 1 heterocycles. The molecule has 0 spiro atoms. The molecule has 1 aliphatic heterocycles. The van der Waals surface area contributed by atoms with Gasteiger partial charge in [-0.3, -0.25) is 4.79 Å². The lowest BCUT2D eigenvalue weighted by Gasteiger charge is -2.33. The lowest BCUT2D eigenvalue weighted by atomic mass is 9.96. The Balaban J connectivity index is 2.17. The summed E-state index contributed by atoms with van der Waals surface area (Å²) < 4.78 is 0. The fourth-order valence-electron chi connectivity index (χ4n) is 2.71. The summed E-state index contributed by atoms with van der Waals surface area (Å²) in [6.07, 6.45) is 1.88. The highest BCUT2D eigenvalue weighted by Crippen LogP contribution is 2.25. The van der Waals surface area contributed by atoms with Gasteiger partial charge in [0.25, 0.3) is 0 Å². The lowest BCUT2D eigenvalue weighted by Crippen LogP contribution is -2.42. The largest absolute Gasteiger partial charge is 0.478 e. The molecule has 1 unspecified atom stereocenters. The van der Waals surface area contributed by atoms with E-state index in [0.29, 0.717) is 12.1 Å². The Hall–Kier alpha value is -2.04. The number of carboxylic acid groups (broad SMARTS) is 1. The Kier molecular flexibility index (Phi) is 4.27. The fraction of sp³-hybridized carbons (Fsp3) is 0.467. The number of carboxylic acids is 1. The van der Waals surface area contributed by atoms with Crippen LogP contribution in [0.3, 0.4) is 0 Å². The van der Waals surface area contributed by atoms with E-state index in [-0.39, 0.29) is 11.8 Å². The van der Waals surface area contributed by atoms with E-state index in [1.165, 1.54) is 0 Å². The van der Waals surface area contributed by atoms with Crippen LogP contribution in [0, 0.1) is 12.8 Å². The van der Waals surface area contributed by atoms with Crippen LogP contribution in [0.5, 0.6) is 0 Å². The molecular formula is C15H20N2O3. The van der Waals surface area contributed by atoms with Crippen LogP contribution in [-0.2, 0) is 4.79 Å². The summed E-state index contributed by atoms with van der Waals surface area (Å²) >= 11 is 0. The number of hydrogen-bond donors (Lipinski definition) is 2. The van der Waals surface area contributed by atoms with Gasteiger partial charge in [0.05, 0.1) is 11.5 Å². The van der Waals surface area contributed by atoms with Crippen LogP contribution in [0.15, 0.2) is 18.2 Å². The molecule has 108 valence electrons. The zero-order valence-corrected chi connectivity index (χ0v) is 11.8. The number of carbonyl (C=O) groups is 2. The summed E-state index contributed by atoms with van der Waals surface area (Å²) in [6.45, 7) is 3.39. The first kappa shape index (κ1) is 14.4. The summed E-state index contributed by atoms with van der Waals surface area (Å²) in [5, 5.41) is 11.7. The Bertz CT molecular complexity index is 528. The van der Waals surface area contributed by atoms with Gasteiger partial charge in [-0.1, -0.05) is 0 Å². The predicted molar refractivity (Wildman–Crippen MR) is 77.1 cm³/mol. The van der Waals surface area contributed by atoms with E-state index in [1.54, 1.807) is 20.0 Å². The van der Waals surface area contributed by atoms with Gasteiger partial charge in [0, 0.05) is 25.8 Å². The van der Waals surface area contributed by atoms with Crippen molar-refractivity contribution in [3.8, 4) is 0 Å². The van der Waals surface area contributed by atoms with Gasteiger partial charge in [-0.25, -0.2) is 4.79 Å². The van der Waals surface area contributed by atoms with E-state index in [1.807, 2.05) is 12.1 Å². The SMILES string of the molecule is CNC(=O)C1CCCN(c2ccc(C(=O)O)c(C)c2)C1. The molecule has 0 saturated carbocycles. The highest BCUT2D eigenvalue weighted by atomic mass is 16.4. The summed E-state index contributed by atoms with van der Waals surface area (Å²) in [6, 6.07) is 5.34. The van der Waals surface area contributed by atoms with Crippen molar-refractivity contribution < 1.29 is 14.7 Å². The Morgan fingerprint density at radius 2 is 2.15 bits per heavy atom. The van der Waals surface area contributed by atoms with Crippen molar-refractivity contribution in [3.63, 3.8) is 0 Å². The quantitative estimate of drug-likeness (QED) is 0.881. The number of aryl methyl sites for hydroxylation is 1. The molecular weight excluding hydrogens is 256 g/mol. The number of carbonyl (C=O) groups excluding carboxylic acids is 1. The van der Waals surface area contributed by atoms with E-state index in [4.69, 9.17) is 5.11 Å². The van der Waals surface area contributed by atoms with Crippen LogP contribution in [0.25, 0.3) is 0 Å². The van der Waals surface area contributed by atoms with Crippen LogP contribution in [0.4, 0.5) is 5.69 Å². The zero-order chi connectivity index (χ0) is 14.7. The van der Waals surface area contributed by atoms with Gasteiger partial charge in [-0.15, -0.1) is 0 Å². The van der Waals surface area contributed by atoms with Crippen molar-refractivity contribution in [1.82, 2.24) is 5.32 Å². The topological polar surface area (TPSA) is 69.6 Å². The van der Waals surface area contributed by atoms with E-state index < -0.39 is 5.97 Å². The number of hydrogen-bond acceptors (Lipinski definition) is 3. The van der Waals surface area contributed by atoms with E-state index in [2.05, 4.69) is 10.2 Å². The number of rotatable bonds is 3. The number of anilines is 1. The molecule has 2 rings (SSSR count). The van der Waals surface area contributed by atoms with Crippen molar-refractivity contribution in [2.45, 2.75) is 19.8 Å². The molecule has 1 saturated heterocycles. The third-order valence-electron chi connectivity index (χ3n) is 3.84. The molecule has 1 aromatic carbocycles. The maximum atomic E-state index is 11.7. The molecule has 2 N–H and O–H groups in total. The number of aromatic carboxylic acids is 1. The molecule has 0 bridgehead atoms. The number of nitrogens with one attached hydrogen (secondary N) is 1. The van der Waals surface area contributed by atoms with E-state index in [0.717, 1.165) is 30.6 Å². The van der Waals surface area contributed by atoms with Gasteiger partial charge >= 0.3 is 5.97 Å². The molecule has 20 heavy (non-hydrogen) atoms. The maximum absolute atomic E-state index is 11.7. The van der Waals surface area contributed by atoms with Crippen molar-refractivity contribution in [1.29, 1.82) is 0 Å². The molecule has 1 amide bonds. The number of amides is 1. The van der Waals surface area contributed by atoms with Gasteiger partial charge in [-0.2, -0.15) is 0 Å². The number of nitrogens with zero attached hydrogens (tertiary/aromatic N) is 1. The van der Waals surface area contributed by atoms with Crippen molar-refractivity contribution in [2.75, 3.05) is 25.0 Å². The fourth-order valence-corrected chi connectivity index (χ4v) is 2.71. The van der Waals surface area contributed by atoms with Gasteiger partial charge < -0.3 is 15.3 Å². The third-order valence-corrected chi connectivity index (χ3v) is 3.84. The van der Waals surface area contributed by atoms with E-state index >= 15 is 0 Å². The second-order valence-corrected chi connectivity index (χ2v) is 5.20. The monoisotopic (exact) mass is 276 g/mol. The lowest BCUT2D eigenvalue weighted by molar-refractivity contribution is -0.124. The van der Waals surface area contributed by atoms with Crippen LogP contribution >= 0.6 is 0 Å². The van der Waals surface area contributed by atoms with Crippen LogP contribution in [0.1, 0.15) is 28.8 Å². The first-order valence-corrected chi connectivity index (χ1v) is 6.83. The smallest absolute Gasteiger partial charge is 0.335 e. The predicted octanol–water partition coefficient (Wildman–Crippen LogP) is 1.66. The molecule has 0 aliphatic carbocycles. The summed E-state index contributed by atoms with van der Waals surface area (Å²) in [7, 11) is 1.66. The highest BCUT2D eigenvalue weighted by molar-refractivity contribution is 5.90. The summed E-state index contributed by atoms with van der Waals surface area (Å²) in [5.41, 5.74) is 2.06. The standard InChI is InChI=1S/C15H20N2O3/c1-10-8-12(5-6-13(10)15(19)20)17-7-3-4-11(9-17)14(18)16-2/h5-6,8,11H,3-4,7,9H2,1-2H3,(H,16,18)(H,19,20). The van der Waals surface area contributed by atoms with Crippen molar-refractivity contribution in [3.05, 3.63) is 29.3 Å². The normalized spacial score (nSPS) is 18.7. The van der Waals surface area contributed by atoms with Gasteiger partial charge in [0.2, 0.25) is 5.91 Å². The molecule has 5 nitrogen and oxygen atoms in total. The molecule has 1 fully saturated rings.